The van der Waals surface area contributed by atoms with Gasteiger partial charge in [0, 0.05) is 60.8 Å². The lowest BCUT2D eigenvalue weighted by molar-refractivity contribution is -0.139. The maximum atomic E-state index is 12.7. The minimum atomic E-state index is 0.158. The summed E-state index contributed by atoms with van der Waals surface area (Å²) >= 11 is 0. The maximum absolute atomic E-state index is 12.7. The molecule has 1 fully saturated rings. The van der Waals surface area contributed by atoms with Gasteiger partial charge in [-0.15, -0.1) is 0 Å². The van der Waals surface area contributed by atoms with Gasteiger partial charge >= 0.3 is 0 Å². The summed E-state index contributed by atoms with van der Waals surface area (Å²) in [5.41, 5.74) is 3.78. The van der Waals surface area contributed by atoms with Crippen molar-refractivity contribution in [2.24, 2.45) is 5.92 Å². The van der Waals surface area contributed by atoms with Crippen molar-refractivity contribution < 1.29 is 9.53 Å². The lowest BCUT2D eigenvalue weighted by Crippen LogP contribution is -2.41. The number of hydrogen-bond donors (Lipinski definition) is 1. The Bertz CT molecular complexity index is 670. The molecule has 3 heterocycles. The molecule has 4 nitrogen and oxygen atoms in total. The third-order valence-corrected chi connectivity index (χ3v) is 4.76. The molecule has 1 N–H and O–H groups in total. The van der Waals surface area contributed by atoms with Crippen LogP contribution in [0.4, 0.5) is 0 Å². The Labute approximate surface area is 124 Å². The van der Waals surface area contributed by atoms with Gasteiger partial charge in [0.2, 0.25) is 5.91 Å². The summed E-state index contributed by atoms with van der Waals surface area (Å²) in [5.74, 6) is 0.472. The molecule has 1 aromatic carbocycles. The molecular formula is C17H20N2O2. The number of nitrogens with zero attached hydrogens (tertiary/aromatic N) is 1. The number of para-hydroxylation sites is 1. The van der Waals surface area contributed by atoms with Gasteiger partial charge in [-0.1, -0.05) is 18.2 Å². The molecule has 0 spiro atoms. The van der Waals surface area contributed by atoms with Crippen molar-refractivity contribution in [3.63, 3.8) is 0 Å². The number of amides is 1. The van der Waals surface area contributed by atoms with Gasteiger partial charge < -0.3 is 14.6 Å². The number of nitrogens with one attached hydrogen (secondary N) is 1. The summed E-state index contributed by atoms with van der Waals surface area (Å²) in [6.07, 6.45) is 2.67. The minimum absolute atomic E-state index is 0.158. The van der Waals surface area contributed by atoms with E-state index in [1.807, 2.05) is 4.90 Å². The van der Waals surface area contributed by atoms with E-state index in [0.717, 1.165) is 45.6 Å². The number of fused-ring (bicyclic) bond motifs is 3. The number of rotatable bonds is 1. The first-order valence-electron chi connectivity index (χ1n) is 7.78. The molecule has 2 aliphatic heterocycles. The SMILES string of the molecule is O=C(C1CCOCC1)N1CCc2[nH]c3ccccc3c2C1. The van der Waals surface area contributed by atoms with Crippen LogP contribution in [0, 0.1) is 5.92 Å². The number of ether oxygens (including phenoxy) is 1. The summed E-state index contributed by atoms with van der Waals surface area (Å²) < 4.78 is 5.36. The lowest BCUT2D eigenvalue weighted by atomic mass is 9.96. The van der Waals surface area contributed by atoms with Crippen molar-refractivity contribution in [2.75, 3.05) is 19.8 Å². The minimum Gasteiger partial charge on any atom is -0.381 e. The highest BCUT2D eigenvalue weighted by Crippen LogP contribution is 2.29. The topological polar surface area (TPSA) is 45.3 Å². The Balaban J connectivity index is 1.59. The Kier molecular flexibility index (Phi) is 3.19. The quantitative estimate of drug-likeness (QED) is 0.874. The molecule has 2 aromatic rings. The van der Waals surface area contributed by atoms with E-state index in [1.54, 1.807) is 0 Å². The maximum Gasteiger partial charge on any atom is 0.226 e. The monoisotopic (exact) mass is 284 g/mol. The molecular weight excluding hydrogens is 264 g/mol. The zero-order valence-corrected chi connectivity index (χ0v) is 12.1. The predicted molar refractivity (Wildman–Crippen MR) is 81.0 cm³/mol. The molecule has 4 rings (SSSR count). The largest absolute Gasteiger partial charge is 0.381 e. The van der Waals surface area contributed by atoms with Gasteiger partial charge in [0.1, 0.15) is 0 Å². The van der Waals surface area contributed by atoms with Crippen molar-refractivity contribution in [1.29, 1.82) is 0 Å². The molecule has 0 bridgehead atoms. The van der Waals surface area contributed by atoms with E-state index in [0.29, 0.717) is 5.91 Å². The number of H-pyrrole nitrogens is 1. The van der Waals surface area contributed by atoms with Crippen LogP contribution in [0.2, 0.25) is 0 Å². The smallest absolute Gasteiger partial charge is 0.226 e. The van der Waals surface area contributed by atoms with Crippen LogP contribution in [0.3, 0.4) is 0 Å². The van der Waals surface area contributed by atoms with Gasteiger partial charge in [-0.3, -0.25) is 4.79 Å². The third kappa shape index (κ3) is 2.23. The second kappa shape index (κ2) is 5.19. The molecule has 2 aliphatic rings. The summed E-state index contributed by atoms with van der Waals surface area (Å²) in [4.78, 5) is 18.2. The van der Waals surface area contributed by atoms with Crippen LogP contribution in [-0.4, -0.2) is 35.5 Å². The first kappa shape index (κ1) is 12.9. The number of hydrogen-bond acceptors (Lipinski definition) is 2. The highest BCUT2D eigenvalue weighted by Gasteiger charge is 2.29. The fourth-order valence-electron chi connectivity index (χ4n) is 3.56. The van der Waals surface area contributed by atoms with E-state index in [-0.39, 0.29) is 5.92 Å². The van der Waals surface area contributed by atoms with Crippen LogP contribution in [0.15, 0.2) is 24.3 Å². The van der Waals surface area contributed by atoms with Gasteiger partial charge in [-0.2, -0.15) is 0 Å². The molecule has 0 saturated carbocycles. The van der Waals surface area contributed by atoms with E-state index < -0.39 is 0 Å². The van der Waals surface area contributed by atoms with Gasteiger partial charge in [0.15, 0.2) is 0 Å². The van der Waals surface area contributed by atoms with E-state index in [1.165, 1.54) is 22.2 Å². The normalized spacial score (nSPS) is 19.7. The first-order valence-corrected chi connectivity index (χ1v) is 7.78. The number of aromatic nitrogens is 1. The standard InChI is InChI=1S/C17H20N2O2/c20-17(12-6-9-21-10-7-12)19-8-5-16-14(11-19)13-3-1-2-4-15(13)18-16/h1-4,12,18H,5-11H2. The Morgan fingerprint density at radius 3 is 2.90 bits per heavy atom. The molecule has 0 aliphatic carbocycles. The number of benzene rings is 1. The van der Waals surface area contributed by atoms with Crippen LogP contribution in [0.1, 0.15) is 24.1 Å². The molecule has 0 radical (unpaired) electrons. The zero-order valence-electron chi connectivity index (χ0n) is 12.1. The number of carbonyl (C=O) groups is 1. The van der Waals surface area contributed by atoms with Crippen LogP contribution >= 0.6 is 0 Å². The summed E-state index contributed by atoms with van der Waals surface area (Å²) in [6, 6.07) is 8.37. The molecule has 0 unspecified atom stereocenters. The van der Waals surface area contributed by atoms with Crippen LogP contribution in [0.25, 0.3) is 10.9 Å². The van der Waals surface area contributed by atoms with E-state index in [2.05, 4.69) is 29.2 Å². The third-order valence-electron chi connectivity index (χ3n) is 4.76. The second-order valence-electron chi connectivity index (χ2n) is 6.02. The molecule has 1 amide bonds. The number of aromatic amines is 1. The van der Waals surface area contributed by atoms with Crippen molar-refractivity contribution in [2.45, 2.75) is 25.8 Å². The van der Waals surface area contributed by atoms with Gasteiger partial charge in [0.25, 0.3) is 0 Å². The fourth-order valence-corrected chi connectivity index (χ4v) is 3.56. The van der Waals surface area contributed by atoms with E-state index in [4.69, 9.17) is 4.74 Å². The highest BCUT2D eigenvalue weighted by atomic mass is 16.5. The molecule has 1 saturated heterocycles. The lowest BCUT2D eigenvalue weighted by Gasteiger charge is -2.32. The molecule has 110 valence electrons. The molecule has 1 aromatic heterocycles. The van der Waals surface area contributed by atoms with Crippen molar-refractivity contribution in [3.8, 4) is 0 Å². The van der Waals surface area contributed by atoms with Gasteiger partial charge in [-0.25, -0.2) is 0 Å². The van der Waals surface area contributed by atoms with Crippen LogP contribution in [-0.2, 0) is 22.5 Å². The second-order valence-corrected chi connectivity index (χ2v) is 6.02. The summed E-state index contributed by atoms with van der Waals surface area (Å²) in [7, 11) is 0. The predicted octanol–water partition coefficient (Wildman–Crippen LogP) is 2.48. The average Bonchev–Trinajstić information content (AvgIpc) is 2.93. The zero-order chi connectivity index (χ0) is 14.2. The van der Waals surface area contributed by atoms with E-state index in [9.17, 15) is 4.79 Å². The first-order chi connectivity index (χ1) is 10.3. The Morgan fingerprint density at radius 2 is 2.05 bits per heavy atom. The van der Waals surface area contributed by atoms with Crippen molar-refractivity contribution in [1.82, 2.24) is 9.88 Å². The van der Waals surface area contributed by atoms with Crippen LogP contribution < -0.4 is 0 Å². The Morgan fingerprint density at radius 1 is 1.24 bits per heavy atom. The van der Waals surface area contributed by atoms with E-state index >= 15 is 0 Å². The highest BCUT2D eigenvalue weighted by molar-refractivity contribution is 5.86. The van der Waals surface area contributed by atoms with Crippen molar-refractivity contribution >= 4 is 16.8 Å². The average molecular weight is 284 g/mol. The summed E-state index contributed by atoms with van der Waals surface area (Å²) in [6.45, 7) is 3.02. The summed E-state index contributed by atoms with van der Waals surface area (Å²) in [5, 5.41) is 1.26. The Hall–Kier alpha value is -1.81. The fraction of sp³-hybridized carbons (Fsp3) is 0.471. The van der Waals surface area contributed by atoms with Crippen molar-refractivity contribution in [3.05, 3.63) is 35.5 Å². The number of carbonyl (C=O) groups excluding carboxylic acids is 1. The molecule has 21 heavy (non-hydrogen) atoms. The van der Waals surface area contributed by atoms with Gasteiger partial charge in [0.05, 0.1) is 0 Å². The molecule has 0 atom stereocenters. The van der Waals surface area contributed by atoms with Gasteiger partial charge in [-0.05, 0) is 18.9 Å². The molecule has 4 heteroatoms. The van der Waals surface area contributed by atoms with Crippen LogP contribution in [0.5, 0.6) is 0 Å².